The summed E-state index contributed by atoms with van der Waals surface area (Å²) in [6.45, 7) is 9.35. The second kappa shape index (κ2) is 7.64. The summed E-state index contributed by atoms with van der Waals surface area (Å²) in [5.74, 6) is 0.927. The Balaban J connectivity index is 2.09. The zero-order valence-corrected chi connectivity index (χ0v) is 12.8. The molecule has 21 heavy (non-hydrogen) atoms. The first kappa shape index (κ1) is 15.3. The molecule has 0 unspecified atom stereocenters. The van der Waals surface area contributed by atoms with Gasteiger partial charge in [0, 0.05) is 43.5 Å². The summed E-state index contributed by atoms with van der Waals surface area (Å²) in [7, 11) is 1.71. The highest BCUT2D eigenvalue weighted by atomic mass is 16.5. The summed E-state index contributed by atoms with van der Waals surface area (Å²) in [5, 5.41) is 4.33. The Hall–Kier alpha value is -2.07. The van der Waals surface area contributed by atoms with E-state index in [-0.39, 0.29) is 0 Å². The lowest BCUT2D eigenvalue weighted by atomic mass is 10.1. The van der Waals surface area contributed by atoms with Crippen LogP contribution in [0.5, 0.6) is 5.75 Å². The summed E-state index contributed by atoms with van der Waals surface area (Å²) < 4.78 is 7.38. The minimum atomic E-state index is 0.827. The van der Waals surface area contributed by atoms with Crippen molar-refractivity contribution in [2.24, 2.45) is 0 Å². The number of hydrogen-bond acceptors (Lipinski definition) is 3. The van der Waals surface area contributed by atoms with Crippen molar-refractivity contribution in [1.82, 2.24) is 14.7 Å². The van der Waals surface area contributed by atoms with Crippen molar-refractivity contribution in [3.05, 3.63) is 60.4 Å². The van der Waals surface area contributed by atoms with Crippen LogP contribution >= 0.6 is 0 Å². The van der Waals surface area contributed by atoms with E-state index in [1.54, 1.807) is 7.11 Å². The number of ether oxygens (including phenoxy) is 1. The maximum atomic E-state index is 5.43. The van der Waals surface area contributed by atoms with E-state index in [1.165, 1.54) is 11.1 Å². The fourth-order valence-electron chi connectivity index (χ4n) is 2.36. The Morgan fingerprint density at radius 1 is 1.33 bits per heavy atom. The van der Waals surface area contributed by atoms with Crippen LogP contribution in [0.3, 0.4) is 0 Å². The van der Waals surface area contributed by atoms with Gasteiger partial charge in [0.15, 0.2) is 0 Å². The van der Waals surface area contributed by atoms with E-state index in [9.17, 15) is 0 Å². The van der Waals surface area contributed by atoms with Crippen molar-refractivity contribution in [2.45, 2.75) is 26.6 Å². The minimum absolute atomic E-state index is 0.827. The molecule has 4 heteroatoms. The molecule has 0 radical (unpaired) electrons. The summed E-state index contributed by atoms with van der Waals surface area (Å²) in [6, 6.07) is 8.13. The highest BCUT2D eigenvalue weighted by Crippen LogP contribution is 2.20. The van der Waals surface area contributed by atoms with Gasteiger partial charge in [-0.05, 0) is 13.0 Å². The third kappa shape index (κ3) is 4.20. The van der Waals surface area contributed by atoms with Crippen LogP contribution in [-0.2, 0) is 19.6 Å². The zero-order chi connectivity index (χ0) is 15.1. The summed E-state index contributed by atoms with van der Waals surface area (Å²) in [5.41, 5.74) is 2.40. The van der Waals surface area contributed by atoms with Gasteiger partial charge < -0.3 is 4.74 Å². The van der Waals surface area contributed by atoms with Crippen molar-refractivity contribution < 1.29 is 4.74 Å². The molecule has 0 aliphatic carbocycles. The fraction of sp³-hybridized carbons (Fsp3) is 0.353. The minimum Gasteiger partial charge on any atom is -0.496 e. The number of aromatic nitrogens is 2. The van der Waals surface area contributed by atoms with Gasteiger partial charge in [-0.1, -0.05) is 24.3 Å². The molecular weight excluding hydrogens is 262 g/mol. The number of aryl methyl sites for hydroxylation is 1. The van der Waals surface area contributed by atoms with Crippen LogP contribution in [0.15, 0.2) is 49.3 Å². The maximum absolute atomic E-state index is 5.43. The van der Waals surface area contributed by atoms with Crippen LogP contribution in [0.25, 0.3) is 0 Å². The van der Waals surface area contributed by atoms with Crippen LogP contribution < -0.4 is 4.74 Å². The predicted molar refractivity (Wildman–Crippen MR) is 85.2 cm³/mol. The molecule has 0 bridgehead atoms. The highest BCUT2D eigenvalue weighted by molar-refractivity contribution is 5.33. The predicted octanol–water partition coefficient (Wildman–Crippen LogP) is 3.10. The van der Waals surface area contributed by atoms with E-state index in [2.05, 4.69) is 35.8 Å². The molecular formula is C17H23N3O. The van der Waals surface area contributed by atoms with Gasteiger partial charge in [0.2, 0.25) is 0 Å². The molecule has 0 saturated carbocycles. The summed E-state index contributed by atoms with van der Waals surface area (Å²) >= 11 is 0. The number of benzene rings is 1. The summed E-state index contributed by atoms with van der Waals surface area (Å²) in [6.07, 6.45) is 5.96. The van der Waals surface area contributed by atoms with Crippen molar-refractivity contribution in [2.75, 3.05) is 13.7 Å². The monoisotopic (exact) mass is 285 g/mol. The number of nitrogens with zero attached hydrogens (tertiary/aromatic N) is 3. The van der Waals surface area contributed by atoms with Gasteiger partial charge in [-0.15, -0.1) is 6.58 Å². The van der Waals surface area contributed by atoms with Crippen LogP contribution in [0.4, 0.5) is 0 Å². The molecule has 0 atom stereocenters. The topological polar surface area (TPSA) is 30.3 Å². The van der Waals surface area contributed by atoms with E-state index >= 15 is 0 Å². The molecule has 0 aliphatic heterocycles. The van der Waals surface area contributed by atoms with Crippen LogP contribution in [0.2, 0.25) is 0 Å². The molecule has 0 fully saturated rings. The molecule has 2 aromatic rings. The van der Waals surface area contributed by atoms with Crippen molar-refractivity contribution in [1.29, 1.82) is 0 Å². The first-order valence-electron chi connectivity index (χ1n) is 7.23. The molecule has 0 saturated heterocycles. The quantitative estimate of drug-likeness (QED) is 0.698. The van der Waals surface area contributed by atoms with Gasteiger partial charge in [-0.25, -0.2) is 0 Å². The second-order valence-corrected chi connectivity index (χ2v) is 4.97. The third-order valence-electron chi connectivity index (χ3n) is 3.39. The molecule has 4 nitrogen and oxygen atoms in total. The average Bonchev–Trinajstić information content (AvgIpc) is 2.95. The van der Waals surface area contributed by atoms with Crippen molar-refractivity contribution in [3.8, 4) is 5.75 Å². The molecule has 0 amide bonds. The first-order chi connectivity index (χ1) is 10.3. The Morgan fingerprint density at radius 2 is 2.14 bits per heavy atom. The number of methoxy groups -OCH3 is 1. The van der Waals surface area contributed by atoms with Gasteiger partial charge in [-0.2, -0.15) is 5.10 Å². The largest absolute Gasteiger partial charge is 0.496 e. The Kier molecular flexibility index (Phi) is 5.58. The molecule has 2 rings (SSSR count). The van der Waals surface area contributed by atoms with Gasteiger partial charge in [0.25, 0.3) is 0 Å². The molecule has 0 spiro atoms. The van der Waals surface area contributed by atoms with Crippen LogP contribution in [0.1, 0.15) is 18.1 Å². The lowest BCUT2D eigenvalue weighted by Gasteiger charge is -2.21. The first-order valence-corrected chi connectivity index (χ1v) is 7.23. The number of para-hydroxylation sites is 1. The van der Waals surface area contributed by atoms with Gasteiger partial charge in [-0.3, -0.25) is 9.58 Å². The van der Waals surface area contributed by atoms with Gasteiger partial charge >= 0.3 is 0 Å². The third-order valence-corrected chi connectivity index (χ3v) is 3.39. The van der Waals surface area contributed by atoms with Gasteiger partial charge in [0.1, 0.15) is 5.75 Å². The van der Waals surface area contributed by atoms with E-state index in [1.807, 2.05) is 35.2 Å². The van der Waals surface area contributed by atoms with E-state index < -0.39 is 0 Å². The highest BCUT2D eigenvalue weighted by Gasteiger charge is 2.10. The molecule has 112 valence electrons. The molecule has 1 aromatic heterocycles. The molecule has 0 N–H and O–H groups in total. The Morgan fingerprint density at radius 3 is 2.81 bits per heavy atom. The SMILES string of the molecule is C=CCN(Cc1cnn(CC)c1)Cc1ccccc1OC. The second-order valence-electron chi connectivity index (χ2n) is 4.97. The van der Waals surface area contributed by atoms with Crippen molar-refractivity contribution in [3.63, 3.8) is 0 Å². The van der Waals surface area contributed by atoms with E-state index in [0.717, 1.165) is 31.9 Å². The van der Waals surface area contributed by atoms with Crippen LogP contribution in [0, 0.1) is 0 Å². The zero-order valence-electron chi connectivity index (χ0n) is 12.8. The smallest absolute Gasteiger partial charge is 0.123 e. The Labute approximate surface area is 126 Å². The fourth-order valence-corrected chi connectivity index (χ4v) is 2.36. The average molecular weight is 285 g/mol. The summed E-state index contributed by atoms with van der Waals surface area (Å²) in [4.78, 5) is 2.32. The normalized spacial score (nSPS) is 10.8. The molecule has 1 heterocycles. The van der Waals surface area contributed by atoms with Crippen molar-refractivity contribution >= 4 is 0 Å². The van der Waals surface area contributed by atoms with E-state index in [0.29, 0.717) is 0 Å². The lowest BCUT2D eigenvalue weighted by Crippen LogP contribution is -2.23. The number of rotatable bonds is 8. The van der Waals surface area contributed by atoms with Crippen LogP contribution in [-0.4, -0.2) is 28.3 Å². The maximum Gasteiger partial charge on any atom is 0.123 e. The van der Waals surface area contributed by atoms with E-state index in [4.69, 9.17) is 4.74 Å². The van der Waals surface area contributed by atoms with Gasteiger partial charge in [0.05, 0.1) is 13.3 Å². The lowest BCUT2D eigenvalue weighted by molar-refractivity contribution is 0.280. The standard InChI is InChI=1S/C17H23N3O/c1-4-10-19(12-15-11-18-20(5-2)13-15)14-16-8-6-7-9-17(16)21-3/h4,6-9,11,13H,1,5,10,12,14H2,2-3H3. The molecule has 1 aromatic carbocycles. The number of hydrogen-bond donors (Lipinski definition) is 0. The molecule has 0 aliphatic rings. The Bertz CT molecular complexity index is 577.